The molecule has 2 aromatic carbocycles. The van der Waals surface area contributed by atoms with E-state index in [1.165, 1.54) is 5.56 Å². The Kier molecular flexibility index (Phi) is 3.77. The summed E-state index contributed by atoms with van der Waals surface area (Å²) >= 11 is 0. The average Bonchev–Trinajstić information content (AvgIpc) is 3.37. The zero-order valence-corrected chi connectivity index (χ0v) is 16.2. The lowest BCUT2D eigenvalue weighted by Crippen LogP contribution is -2.19. The summed E-state index contributed by atoms with van der Waals surface area (Å²) in [4.78, 5) is 12.3. The lowest BCUT2D eigenvalue weighted by molar-refractivity contribution is 0.374. The van der Waals surface area contributed by atoms with Crippen molar-refractivity contribution in [3.8, 4) is 22.4 Å². The number of rotatable bonds is 4. The third kappa shape index (κ3) is 2.77. The summed E-state index contributed by atoms with van der Waals surface area (Å²) in [5.74, 6) is 0. The molecule has 1 unspecified atom stereocenters. The molecule has 0 radical (unpaired) electrons. The molecule has 2 aromatic heterocycles. The number of imidazole rings is 1. The zero-order valence-electron chi connectivity index (χ0n) is 16.2. The van der Waals surface area contributed by atoms with Crippen molar-refractivity contribution >= 4 is 11.0 Å². The Hall–Kier alpha value is -3.12. The van der Waals surface area contributed by atoms with Crippen molar-refractivity contribution in [1.82, 2.24) is 18.9 Å². The van der Waals surface area contributed by atoms with E-state index in [0.29, 0.717) is 0 Å². The van der Waals surface area contributed by atoms with E-state index in [-0.39, 0.29) is 11.8 Å². The Bertz CT molecular complexity index is 1260. The topological polar surface area (TPSA) is 57.3 Å². The summed E-state index contributed by atoms with van der Waals surface area (Å²) in [6.07, 6.45) is 2.34. The Morgan fingerprint density at radius 1 is 1.07 bits per heavy atom. The SMILES string of the molecule is Cc1cccc(-c2nn(CC3CO3)cc2-c2ccc3c(c2)n(C)c(=O)n3C)c1. The van der Waals surface area contributed by atoms with Crippen LogP contribution in [0.4, 0.5) is 0 Å². The van der Waals surface area contributed by atoms with E-state index in [0.717, 1.165) is 46.6 Å². The van der Waals surface area contributed by atoms with Gasteiger partial charge >= 0.3 is 5.69 Å². The van der Waals surface area contributed by atoms with Gasteiger partial charge in [0.15, 0.2) is 0 Å². The van der Waals surface area contributed by atoms with E-state index in [4.69, 9.17) is 9.84 Å². The highest BCUT2D eigenvalue weighted by Crippen LogP contribution is 2.33. The van der Waals surface area contributed by atoms with E-state index in [1.54, 1.807) is 16.2 Å². The highest BCUT2D eigenvalue weighted by atomic mass is 16.6. The maximum Gasteiger partial charge on any atom is 0.328 e. The van der Waals surface area contributed by atoms with Crippen LogP contribution >= 0.6 is 0 Å². The normalized spacial score (nSPS) is 16.0. The van der Waals surface area contributed by atoms with Crippen molar-refractivity contribution in [2.45, 2.75) is 19.6 Å². The fraction of sp³-hybridized carbons (Fsp3) is 0.273. The molecule has 1 atom stereocenters. The van der Waals surface area contributed by atoms with E-state index < -0.39 is 0 Å². The molecule has 0 N–H and O–H groups in total. The number of epoxide rings is 1. The van der Waals surface area contributed by atoms with Gasteiger partial charge in [-0.3, -0.25) is 13.8 Å². The average molecular weight is 374 g/mol. The third-order valence-corrected chi connectivity index (χ3v) is 5.43. The van der Waals surface area contributed by atoms with Crippen LogP contribution in [0.15, 0.2) is 53.5 Å². The number of benzene rings is 2. The van der Waals surface area contributed by atoms with Gasteiger partial charge in [0.1, 0.15) is 11.8 Å². The molecule has 0 saturated carbocycles. The van der Waals surface area contributed by atoms with Crippen molar-refractivity contribution in [2.24, 2.45) is 14.1 Å². The fourth-order valence-corrected chi connectivity index (χ4v) is 3.79. The van der Waals surface area contributed by atoms with Crippen LogP contribution in [0.5, 0.6) is 0 Å². The Balaban J connectivity index is 1.69. The number of nitrogens with zero attached hydrogens (tertiary/aromatic N) is 4. The second kappa shape index (κ2) is 6.21. The van der Waals surface area contributed by atoms with Crippen LogP contribution in [0.1, 0.15) is 5.56 Å². The fourth-order valence-electron chi connectivity index (χ4n) is 3.79. The molecule has 0 amide bonds. The molecule has 5 rings (SSSR count). The van der Waals surface area contributed by atoms with Crippen LogP contribution in [-0.2, 0) is 25.4 Å². The maximum atomic E-state index is 12.3. The number of aromatic nitrogens is 4. The van der Waals surface area contributed by atoms with Gasteiger partial charge in [0.05, 0.1) is 24.2 Å². The second-order valence-corrected chi connectivity index (χ2v) is 7.54. The molecule has 6 nitrogen and oxygen atoms in total. The van der Waals surface area contributed by atoms with Crippen molar-refractivity contribution in [2.75, 3.05) is 6.61 Å². The lowest BCUT2D eigenvalue weighted by atomic mass is 10.0. The standard InChI is InChI=1S/C22H22N4O2/c1-14-5-4-6-16(9-14)21-18(12-26(23-21)11-17-13-28-17)15-7-8-19-20(10-15)25(3)22(27)24(19)2/h4-10,12,17H,11,13H2,1-3H3. The molecule has 1 aliphatic rings. The summed E-state index contributed by atoms with van der Waals surface area (Å²) < 4.78 is 10.7. The minimum atomic E-state index is -0.0207. The van der Waals surface area contributed by atoms with Crippen molar-refractivity contribution < 1.29 is 4.74 Å². The predicted octanol–water partition coefficient (Wildman–Crippen LogP) is 3.11. The summed E-state index contributed by atoms with van der Waals surface area (Å²) in [6.45, 7) is 3.64. The van der Waals surface area contributed by atoms with Crippen LogP contribution in [0.2, 0.25) is 0 Å². The van der Waals surface area contributed by atoms with Gasteiger partial charge in [-0.05, 0) is 30.7 Å². The first-order valence-electron chi connectivity index (χ1n) is 9.43. The van der Waals surface area contributed by atoms with Crippen LogP contribution in [-0.4, -0.2) is 31.6 Å². The largest absolute Gasteiger partial charge is 0.371 e. The van der Waals surface area contributed by atoms with Gasteiger partial charge in [-0.1, -0.05) is 29.8 Å². The van der Waals surface area contributed by atoms with Gasteiger partial charge in [0.2, 0.25) is 0 Å². The first kappa shape index (κ1) is 17.0. The number of fused-ring (bicyclic) bond motifs is 1. The van der Waals surface area contributed by atoms with Crippen molar-refractivity contribution in [3.63, 3.8) is 0 Å². The molecule has 0 spiro atoms. The molecule has 0 aliphatic carbocycles. The highest BCUT2D eigenvalue weighted by molar-refractivity contribution is 5.87. The number of ether oxygens (including phenoxy) is 1. The molecule has 6 heteroatoms. The van der Waals surface area contributed by atoms with Gasteiger partial charge < -0.3 is 4.74 Å². The first-order chi connectivity index (χ1) is 13.5. The van der Waals surface area contributed by atoms with Crippen LogP contribution in [0, 0.1) is 6.92 Å². The minimum Gasteiger partial charge on any atom is -0.371 e. The number of hydrogen-bond donors (Lipinski definition) is 0. The minimum absolute atomic E-state index is 0.0207. The summed E-state index contributed by atoms with van der Waals surface area (Å²) in [7, 11) is 3.61. The molecule has 1 fully saturated rings. The van der Waals surface area contributed by atoms with Gasteiger partial charge in [-0.25, -0.2) is 4.79 Å². The predicted molar refractivity (Wildman–Crippen MR) is 109 cm³/mol. The van der Waals surface area contributed by atoms with Crippen molar-refractivity contribution in [3.05, 3.63) is 64.7 Å². The van der Waals surface area contributed by atoms with Crippen LogP contribution in [0.3, 0.4) is 0 Å². The third-order valence-electron chi connectivity index (χ3n) is 5.43. The quantitative estimate of drug-likeness (QED) is 0.516. The summed E-state index contributed by atoms with van der Waals surface area (Å²) in [5.41, 5.74) is 7.16. The van der Waals surface area contributed by atoms with E-state index in [2.05, 4.69) is 49.5 Å². The molecule has 1 aliphatic heterocycles. The monoisotopic (exact) mass is 374 g/mol. The highest BCUT2D eigenvalue weighted by Gasteiger charge is 2.24. The number of aryl methyl sites for hydroxylation is 3. The maximum absolute atomic E-state index is 12.3. The Morgan fingerprint density at radius 2 is 1.86 bits per heavy atom. The molecule has 0 bridgehead atoms. The molecular weight excluding hydrogens is 352 g/mol. The molecule has 3 heterocycles. The van der Waals surface area contributed by atoms with Gasteiger partial charge in [0, 0.05) is 31.4 Å². The zero-order chi connectivity index (χ0) is 19.4. The molecule has 28 heavy (non-hydrogen) atoms. The van der Waals surface area contributed by atoms with Gasteiger partial charge in [-0.2, -0.15) is 5.10 Å². The second-order valence-electron chi connectivity index (χ2n) is 7.54. The van der Waals surface area contributed by atoms with Crippen LogP contribution in [0.25, 0.3) is 33.4 Å². The van der Waals surface area contributed by atoms with E-state index >= 15 is 0 Å². The molecule has 4 aromatic rings. The first-order valence-corrected chi connectivity index (χ1v) is 9.43. The van der Waals surface area contributed by atoms with Crippen molar-refractivity contribution in [1.29, 1.82) is 0 Å². The molecule has 1 saturated heterocycles. The van der Waals surface area contributed by atoms with E-state index in [9.17, 15) is 4.79 Å². The molecular formula is C22H22N4O2. The molecule has 142 valence electrons. The van der Waals surface area contributed by atoms with E-state index in [1.807, 2.05) is 17.8 Å². The summed E-state index contributed by atoms with van der Waals surface area (Å²) in [5, 5.41) is 4.87. The Morgan fingerprint density at radius 3 is 2.61 bits per heavy atom. The lowest BCUT2D eigenvalue weighted by Gasteiger charge is -2.05. The Labute approximate surface area is 162 Å². The summed E-state index contributed by atoms with van der Waals surface area (Å²) in [6, 6.07) is 14.5. The van der Waals surface area contributed by atoms with Crippen LogP contribution < -0.4 is 5.69 Å². The van der Waals surface area contributed by atoms with Gasteiger partial charge in [0.25, 0.3) is 0 Å². The van der Waals surface area contributed by atoms with Gasteiger partial charge in [-0.15, -0.1) is 0 Å². The number of hydrogen-bond acceptors (Lipinski definition) is 3. The smallest absolute Gasteiger partial charge is 0.328 e.